The van der Waals surface area contributed by atoms with Crippen LogP contribution in [-0.2, 0) is 5.54 Å². The Balaban J connectivity index is 2.09. The number of amides is 2. The number of hydrogen-bond donors (Lipinski definition) is 2. The first-order valence-corrected chi connectivity index (χ1v) is 6.36. The summed E-state index contributed by atoms with van der Waals surface area (Å²) in [6.07, 6.45) is 1.80. The molecule has 5 heteroatoms. The van der Waals surface area contributed by atoms with E-state index >= 15 is 0 Å². The summed E-state index contributed by atoms with van der Waals surface area (Å²) in [5.41, 5.74) is 0.650. The van der Waals surface area contributed by atoms with Crippen molar-refractivity contribution in [1.29, 1.82) is 0 Å². The summed E-state index contributed by atoms with van der Waals surface area (Å²) in [4.78, 5) is 13.4. The van der Waals surface area contributed by atoms with Gasteiger partial charge < -0.3 is 15.3 Å². The van der Waals surface area contributed by atoms with E-state index in [2.05, 4.69) is 5.32 Å². The third kappa shape index (κ3) is 2.60. The van der Waals surface area contributed by atoms with E-state index in [1.54, 1.807) is 7.05 Å². The monoisotopic (exact) mass is 268 g/mol. The predicted molar refractivity (Wildman–Crippen MR) is 70.6 cm³/mol. The van der Waals surface area contributed by atoms with Gasteiger partial charge in [-0.1, -0.05) is 29.8 Å². The Hall–Kier alpha value is -1.26. The van der Waals surface area contributed by atoms with E-state index in [9.17, 15) is 4.79 Å². The van der Waals surface area contributed by atoms with Crippen molar-refractivity contribution in [2.45, 2.75) is 18.4 Å². The van der Waals surface area contributed by atoms with E-state index in [0.29, 0.717) is 11.6 Å². The van der Waals surface area contributed by atoms with Crippen LogP contribution < -0.4 is 5.32 Å². The number of likely N-dealkylation sites (N-methyl/N-ethyl adjacent to an activating group) is 1. The third-order valence-corrected chi connectivity index (χ3v) is 3.60. The quantitative estimate of drug-likeness (QED) is 0.877. The first-order valence-electron chi connectivity index (χ1n) is 5.98. The van der Waals surface area contributed by atoms with Gasteiger partial charge in [-0.05, 0) is 24.5 Å². The minimum Gasteiger partial charge on any atom is -0.395 e. The molecule has 0 heterocycles. The fraction of sp³-hybridized carbons (Fsp3) is 0.462. The summed E-state index contributed by atoms with van der Waals surface area (Å²) in [7, 11) is 1.66. The molecule has 2 amide bonds. The molecule has 0 bridgehead atoms. The van der Waals surface area contributed by atoms with Crippen molar-refractivity contribution in [3.05, 3.63) is 34.9 Å². The molecule has 98 valence electrons. The van der Waals surface area contributed by atoms with Crippen LogP contribution in [0.3, 0.4) is 0 Å². The number of aliphatic hydroxyl groups is 1. The molecular formula is C13H17ClN2O2. The number of urea groups is 1. The first-order chi connectivity index (χ1) is 8.59. The summed E-state index contributed by atoms with van der Waals surface area (Å²) >= 11 is 6.17. The van der Waals surface area contributed by atoms with Crippen LogP contribution in [0.4, 0.5) is 4.79 Å². The van der Waals surface area contributed by atoms with Crippen molar-refractivity contribution in [2.75, 3.05) is 20.2 Å². The molecule has 18 heavy (non-hydrogen) atoms. The first kappa shape index (κ1) is 13.2. The smallest absolute Gasteiger partial charge is 0.317 e. The van der Waals surface area contributed by atoms with Crippen molar-refractivity contribution < 1.29 is 9.90 Å². The second-order valence-corrected chi connectivity index (χ2v) is 5.04. The minimum absolute atomic E-state index is 0.0387. The van der Waals surface area contributed by atoms with E-state index in [1.165, 1.54) is 4.90 Å². The lowest BCUT2D eigenvalue weighted by Gasteiger charge is -2.23. The number of rotatable bonds is 4. The maximum atomic E-state index is 11.9. The zero-order chi connectivity index (χ0) is 13.2. The van der Waals surface area contributed by atoms with E-state index in [-0.39, 0.29) is 18.2 Å². The van der Waals surface area contributed by atoms with Gasteiger partial charge in [0.1, 0.15) is 0 Å². The van der Waals surface area contributed by atoms with Gasteiger partial charge >= 0.3 is 6.03 Å². The van der Waals surface area contributed by atoms with Gasteiger partial charge in [0.25, 0.3) is 0 Å². The Bertz CT molecular complexity index is 446. The van der Waals surface area contributed by atoms with Gasteiger partial charge in [-0.3, -0.25) is 0 Å². The lowest BCUT2D eigenvalue weighted by molar-refractivity contribution is 0.186. The number of nitrogens with one attached hydrogen (secondary N) is 1. The highest BCUT2D eigenvalue weighted by Crippen LogP contribution is 2.47. The Kier molecular flexibility index (Phi) is 3.78. The number of carbonyl (C=O) groups excluding carboxylic acids is 1. The summed E-state index contributed by atoms with van der Waals surface area (Å²) in [5, 5.41) is 12.5. The maximum Gasteiger partial charge on any atom is 0.317 e. The largest absolute Gasteiger partial charge is 0.395 e. The van der Waals surface area contributed by atoms with Crippen molar-refractivity contribution in [3.8, 4) is 0 Å². The normalized spacial score (nSPS) is 16.2. The molecular weight excluding hydrogens is 252 g/mol. The third-order valence-electron chi connectivity index (χ3n) is 3.27. The number of carbonyl (C=O) groups is 1. The van der Waals surface area contributed by atoms with E-state index in [4.69, 9.17) is 16.7 Å². The second kappa shape index (κ2) is 5.16. The van der Waals surface area contributed by atoms with Gasteiger partial charge in [0.05, 0.1) is 12.1 Å². The van der Waals surface area contributed by atoms with Gasteiger partial charge in [-0.15, -0.1) is 0 Å². The van der Waals surface area contributed by atoms with Crippen LogP contribution in [0.2, 0.25) is 5.02 Å². The molecule has 2 rings (SSSR count). The second-order valence-electron chi connectivity index (χ2n) is 4.64. The van der Waals surface area contributed by atoms with Gasteiger partial charge in [-0.2, -0.15) is 0 Å². The highest BCUT2D eigenvalue weighted by Gasteiger charge is 2.47. The van der Waals surface area contributed by atoms with Crippen LogP contribution in [0.1, 0.15) is 18.4 Å². The molecule has 1 aliphatic carbocycles. The number of halogens is 1. The van der Waals surface area contributed by atoms with Gasteiger partial charge in [-0.25, -0.2) is 4.79 Å². The lowest BCUT2D eigenvalue weighted by Crippen LogP contribution is -2.44. The van der Waals surface area contributed by atoms with E-state index in [0.717, 1.165) is 18.4 Å². The maximum absolute atomic E-state index is 11.9. The molecule has 0 aromatic heterocycles. The molecule has 0 spiro atoms. The van der Waals surface area contributed by atoms with Crippen molar-refractivity contribution >= 4 is 17.6 Å². The molecule has 1 aromatic carbocycles. The number of nitrogens with zero attached hydrogens (tertiary/aromatic N) is 1. The van der Waals surface area contributed by atoms with Gasteiger partial charge in [0.15, 0.2) is 0 Å². The number of hydrogen-bond acceptors (Lipinski definition) is 2. The molecule has 1 saturated carbocycles. The summed E-state index contributed by atoms with van der Waals surface area (Å²) in [6, 6.07) is 7.40. The van der Waals surface area contributed by atoms with Crippen molar-refractivity contribution in [2.24, 2.45) is 0 Å². The number of benzene rings is 1. The molecule has 0 atom stereocenters. The fourth-order valence-corrected chi connectivity index (χ4v) is 2.30. The lowest BCUT2D eigenvalue weighted by atomic mass is 10.1. The Labute approximate surface area is 112 Å². The summed E-state index contributed by atoms with van der Waals surface area (Å²) < 4.78 is 0. The fourth-order valence-electron chi connectivity index (χ4n) is 1.99. The predicted octanol–water partition coefficient (Wildman–Crippen LogP) is 1.96. The van der Waals surface area contributed by atoms with Crippen LogP contribution in [0.25, 0.3) is 0 Å². The Morgan fingerprint density at radius 1 is 1.50 bits per heavy atom. The van der Waals surface area contributed by atoms with Crippen LogP contribution in [-0.4, -0.2) is 36.2 Å². The SMILES string of the molecule is CN(CCO)C(=O)NC1(c2ccccc2Cl)CC1. The van der Waals surface area contributed by atoms with Crippen LogP contribution >= 0.6 is 11.6 Å². The molecule has 1 aromatic rings. The highest BCUT2D eigenvalue weighted by atomic mass is 35.5. The Morgan fingerprint density at radius 3 is 2.72 bits per heavy atom. The van der Waals surface area contributed by atoms with E-state index < -0.39 is 0 Å². The average molecular weight is 269 g/mol. The van der Waals surface area contributed by atoms with Crippen LogP contribution in [0, 0.1) is 0 Å². The van der Waals surface area contributed by atoms with Crippen LogP contribution in [0.15, 0.2) is 24.3 Å². The summed E-state index contributed by atoms with van der Waals surface area (Å²) in [6.45, 7) is 0.285. The molecule has 1 aliphatic rings. The molecule has 0 unspecified atom stereocenters. The minimum atomic E-state index is -0.320. The molecule has 0 saturated heterocycles. The molecule has 2 N–H and O–H groups in total. The van der Waals surface area contributed by atoms with Gasteiger partial charge in [0, 0.05) is 18.6 Å². The summed E-state index contributed by atoms with van der Waals surface area (Å²) in [5.74, 6) is 0. The standard InChI is InChI=1S/C13H17ClN2O2/c1-16(8-9-17)12(18)15-13(6-7-13)10-4-2-3-5-11(10)14/h2-5,17H,6-9H2,1H3,(H,15,18). The number of aliphatic hydroxyl groups excluding tert-OH is 1. The highest BCUT2D eigenvalue weighted by molar-refractivity contribution is 6.31. The van der Waals surface area contributed by atoms with Crippen LogP contribution in [0.5, 0.6) is 0 Å². The topological polar surface area (TPSA) is 52.6 Å². The van der Waals surface area contributed by atoms with Gasteiger partial charge in [0.2, 0.25) is 0 Å². The molecule has 0 aliphatic heterocycles. The van der Waals surface area contributed by atoms with Crippen molar-refractivity contribution in [1.82, 2.24) is 10.2 Å². The molecule has 1 fully saturated rings. The van der Waals surface area contributed by atoms with E-state index in [1.807, 2.05) is 24.3 Å². The zero-order valence-electron chi connectivity index (χ0n) is 10.3. The van der Waals surface area contributed by atoms with Crippen molar-refractivity contribution in [3.63, 3.8) is 0 Å². The zero-order valence-corrected chi connectivity index (χ0v) is 11.1. The molecule has 0 radical (unpaired) electrons. The molecule has 4 nitrogen and oxygen atoms in total. The average Bonchev–Trinajstić information content (AvgIpc) is 3.10. The Morgan fingerprint density at radius 2 is 2.17 bits per heavy atom.